The second-order valence-corrected chi connectivity index (χ2v) is 4.79. The van der Waals surface area contributed by atoms with Gasteiger partial charge < -0.3 is 9.64 Å². The average Bonchev–Trinajstić information content (AvgIpc) is 2.34. The zero-order valence-corrected chi connectivity index (χ0v) is 12.2. The van der Waals surface area contributed by atoms with Gasteiger partial charge >= 0.3 is 0 Å². The fourth-order valence-electron chi connectivity index (χ4n) is 1.50. The topological polar surface area (TPSA) is 29.5 Å². The van der Waals surface area contributed by atoms with E-state index in [1.54, 1.807) is 18.0 Å². The minimum atomic E-state index is -0.302. The number of benzene rings is 1. The van der Waals surface area contributed by atoms with Crippen molar-refractivity contribution in [3.63, 3.8) is 0 Å². The first-order chi connectivity index (χ1) is 8.54. The van der Waals surface area contributed by atoms with E-state index in [9.17, 15) is 9.18 Å². The van der Waals surface area contributed by atoms with Crippen LogP contribution in [0.4, 0.5) is 4.39 Å². The third-order valence-electron chi connectivity index (χ3n) is 2.51. The number of carbonyl (C=O) groups is 1. The van der Waals surface area contributed by atoms with Gasteiger partial charge in [-0.3, -0.25) is 4.79 Å². The van der Waals surface area contributed by atoms with Gasteiger partial charge in [0.25, 0.3) is 0 Å². The maximum absolute atomic E-state index is 13.1. The molecule has 0 saturated heterocycles. The summed E-state index contributed by atoms with van der Waals surface area (Å²) < 4.78 is 19.0. The summed E-state index contributed by atoms with van der Waals surface area (Å²) in [4.78, 5) is 13.3. The number of hydrogen-bond acceptors (Lipinski definition) is 2. The normalized spacial score (nSPS) is 10.4. The number of carbonyl (C=O) groups excluding carboxylic acids is 1. The first-order valence-electron chi connectivity index (χ1n) is 5.80. The molecule has 0 saturated carbocycles. The molecule has 5 heteroatoms. The van der Waals surface area contributed by atoms with E-state index in [0.717, 1.165) is 10.0 Å². The first kappa shape index (κ1) is 15.1. The molecule has 1 rings (SSSR count). The Morgan fingerprint density at radius 3 is 2.89 bits per heavy atom. The quantitative estimate of drug-likeness (QED) is 0.755. The van der Waals surface area contributed by atoms with Gasteiger partial charge in [0.2, 0.25) is 5.91 Å². The van der Waals surface area contributed by atoms with E-state index in [-0.39, 0.29) is 11.7 Å². The van der Waals surface area contributed by atoms with Gasteiger partial charge in [-0.15, -0.1) is 0 Å². The predicted octanol–water partition coefficient (Wildman–Crippen LogP) is 2.97. The Kier molecular flexibility index (Phi) is 6.29. The number of rotatable bonds is 6. The van der Waals surface area contributed by atoms with E-state index < -0.39 is 0 Å². The predicted molar refractivity (Wildman–Crippen MR) is 71.7 cm³/mol. The molecule has 0 N–H and O–H groups in total. The van der Waals surface area contributed by atoms with Gasteiger partial charge in [-0.05, 0) is 30.7 Å². The van der Waals surface area contributed by atoms with Crippen molar-refractivity contribution in [1.29, 1.82) is 0 Å². The van der Waals surface area contributed by atoms with Crippen molar-refractivity contribution in [1.82, 2.24) is 4.90 Å². The first-order valence-corrected chi connectivity index (χ1v) is 6.59. The molecule has 100 valence electrons. The number of hydrogen-bond donors (Lipinski definition) is 0. The lowest BCUT2D eigenvalue weighted by Crippen LogP contribution is -2.27. The SMILES string of the molecule is CCOCCC(=O)N(C)Cc1cc(F)ccc1Br. The summed E-state index contributed by atoms with van der Waals surface area (Å²) in [5.74, 6) is -0.317. The molecule has 0 fully saturated rings. The highest BCUT2D eigenvalue weighted by Crippen LogP contribution is 2.19. The lowest BCUT2D eigenvalue weighted by Gasteiger charge is -2.18. The van der Waals surface area contributed by atoms with E-state index in [4.69, 9.17) is 4.74 Å². The largest absolute Gasteiger partial charge is 0.381 e. The van der Waals surface area contributed by atoms with Gasteiger partial charge in [0.05, 0.1) is 13.0 Å². The van der Waals surface area contributed by atoms with Crippen molar-refractivity contribution < 1.29 is 13.9 Å². The van der Waals surface area contributed by atoms with E-state index in [1.165, 1.54) is 12.1 Å². The molecular formula is C13H17BrFNO2. The minimum Gasteiger partial charge on any atom is -0.381 e. The monoisotopic (exact) mass is 317 g/mol. The smallest absolute Gasteiger partial charge is 0.224 e. The summed E-state index contributed by atoms with van der Waals surface area (Å²) in [6.45, 7) is 3.29. The van der Waals surface area contributed by atoms with E-state index in [1.807, 2.05) is 6.92 Å². The molecule has 0 radical (unpaired) electrons. The molecule has 0 aliphatic carbocycles. The highest BCUT2D eigenvalue weighted by molar-refractivity contribution is 9.10. The van der Waals surface area contributed by atoms with Gasteiger partial charge in [0.15, 0.2) is 0 Å². The second-order valence-electron chi connectivity index (χ2n) is 3.93. The van der Waals surface area contributed by atoms with Crippen LogP contribution >= 0.6 is 15.9 Å². The van der Waals surface area contributed by atoms with Crippen molar-refractivity contribution in [2.45, 2.75) is 19.9 Å². The van der Waals surface area contributed by atoms with Gasteiger partial charge in [-0.2, -0.15) is 0 Å². The molecule has 1 amide bonds. The van der Waals surface area contributed by atoms with Crippen LogP contribution in [0.1, 0.15) is 18.9 Å². The third kappa shape index (κ3) is 4.74. The Labute approximate surface area is 115 Å². The van der Waals surface area contributed by atoms with Crippen molar-refractivity contribution in [3.8, 4) is 0 Å². The Morgan fingerprint density at radius 1 is 1.50 bits per heavy atom. The zero-order chi connectivity index (χ0) is 13.5. The van der Waals surface area contributed by atoms with Crippen molar-refractivity contribution in [2.75, 3.05) is 20.3 Å². The van der Waals surface area contributed by atoms with Gasteiger partial charge in [0.1, 0.15) is 5.82 Å². The summed E-state index contributed by atoms with van der Waals surface area (Å²) in [5.41, 5.74) is 0.752. The average molecular weight is 318 g/mol. The third-order valence-corrected chi connectivity index (χ3v) is 3.28. The van der Waals surface area contributed by atoms with Crippen molar-refractivity contribution >= 4 is 21.8 Å². The van der Waals surface area contributed by atoms with E-state index in [0.29, 0.717) is 26.2 Å². The molecule has 0 aliphatic heterocycles. The Hall–Kier alpha value is -0.940. The summed E-state index contributed by atoms with van der Waals surface area (Å²) in [7, 11) is 1.70. The Bertz CT molecular complexity index is 412. The maximum atomic E-state index is 13.1. The fraction of sp³-hybridized carbons (Fsp3) is 0.462. The fourth-order valence-corrected chi connectivity index (χ4v) is 1.87. The molecule has 3 nitrogen and oxygen atoms in total. The van der Waals surface area contributed by atoms with Crippen LogP contribution in [0.15, 0.2) is 22.7 Å². The lowest BCUT2D eigenvalue weighted by molar-refractivity contribution is -0.131. The van der Waals surface area contributed by atoms with Crippen LogP contribution in [0.2, 0.25) is 0 Å². The Balaban J connectivity index is 2.55. The zero-order valence-electron chi connectivity index (χ0n) is 10.6. The molecule has 0 aromatic heterocycles. The van der Waals surface area contributed by atoms with Crippen LogP contribution in [-0.2, 0) is 16.1 Å². The summed E-state index contributed by atoms with van der Waals surface area (Å²) in [6.07, 6.45) is 0.345. The summed E-state index contributed by atoms with van der Waals surface area (Å²) in [5, 5.41) is 0. The van der Waals surface area contributed by atoms with Crippen LogP contribution in [0, 0.1) is 5.82 Å². The molecule has 0 aliphatic rings. The lowest BCUT2D eigenvalue weighted by atomic mass is 10.2. The molecule has 1 aromatic rings. The summed E-state index contributed by atoms with van der Waals surface area (Å²) >= 11 is 3.34. The minimum absolute atomic E-state index is 0.0142. The number of amides is 1. The van der Waals surface area contributed by atoms with Crippen molar-refractivity contribution in [2.24, 2.45) is 0 Å². The standard InChI is InChI=1S/C13H17BrFNO2/c1-3-18-7-6-13(17)16(2)9-10-8-11(15)4-5-12(10)14/h4-5,8H,3,6-7,9H2,1-2H3. The second kappa shape index (κ2) is 7.48. The van der Waals surface area contributed by atoms with Crippen LogP contribution in [0.25, 0.3) is 0 Å². The van der Waals surface area contributed by atoms with Gasteiger partial charge in [0, 0.05) is 24.7 Å². The van der Waals surface area contributed by atoms with Crippen LogP contribution in [-0.4, -0.2) is 31.1 Å². The highest BCUT2D eigenvalue weighted by Gasteiger charge is 2.11. The molecule has 1 aromatic carbocycles. The van der Waals surface area contributed by atoms with E-state index >= 15 is 0 Å². The molecule has 0 unspecified atom stereocenters. The highest BCUT2D eigenvalue weighted by atomic mass is 79.9. The number of nitrogens with zero attached hydrogens (tertiary/aromatic N) is 1. The number of ether oxygens (including phenoxy) is 1. The molecular weight excluding hydrogens is 301 g/mol. The van der Waals surface area contributed by atoms with Gasteiger partial charge in [-0.25, -0.2) is 4.39 Å². The molecule has 0 bridgehead atoms. The molecule has 0 atom stereocenters. The summed E-state index contributed by atoms with van der Waals surface area (Å²) in [6, 6.07) is 4.45. The van der Waals surface area contributed by atoms with Crippen molar-refractivity contribution in [3.05, 3.63) is 34.1 Å². The van der Waals surface area contributed by atoms with Crippen LogP contribution in [0.3, 0.4) is 0 Å². The molecule has 0 heterocycles. The van der Waals surface area contributed by atoms with Gasteiger partial charge in [-0.1, -0.05) is 15.9 Å². The molecule has 18 heavy (non-hydrogen) atoms. The molecule has 0 spiro atoms. The number of halogens is 2. The van der Waals surface area contributed by atoms with E-state index in [2.05, 4.69) is 15.9 Å². The maximum Gasteiger partial charge on any atom is 0.224 e. The van der Waals surface area contributed by atoms with Crippen LogP contribution < -0.4 is 0 Å². The Morgan fingerprint density at radius 2 is 2.22 bits per heavy atom. The van der Waals surface area contributed by atoms with Crippen LogP contribution in [0.5, 0.6) is 0 Å².